The molecule has 0 atom stereocenters. The summed E-state index contributed by atoms with van der Waals surface area (Å²) in [4.78, 5) is 0. The van der Waals surface area contributed by atoms with Crippen molar-refractivity contribution in [1.82, 2.24) is 5.32 Å². The first kappa shape index (κ1) is 11.7. The number of halogens is 2. The van der Waals surface area contributed by atoms with Crippen molar-refractivity contribution in [2.24, 2.45) is 0 Å². The van der Waals surface area contributed by atoms with E-state index in [-0.39, 0.29) is 5.75 Å². The summed E-state index contributed by atoms with van der Waals surface area (Å²) in [6.07, 6.45) is 3.42. The van der Waals surface area contributed by atoms with Gasteiger partial charge in [-0.15, -0.1) is 0 Å². The average molecular weight is 213 g/mol. The molecule has 0 aliphatic heterocycles. The van der Waals surface area contributed by atoms with Gasteiger partial charge in [0.1, 0.15) is 0 Å². The van der Waals surface area contributed by atoms with E-state index < -0.39 is 11.6 Å². The lowest BCUT2D eigenvalue weighted by Crippen LogP contribution is -2.03. The highest BCUT2D eigenvalue weighted by atomic mass is 19.1. The Bertz CT molecular complexity index is 341. The molecule has 0 aromatic heterocycles. The van der Waals surface area contributed by atoms with Crippen LogP contribution in [0.5, 0.6) is 5.75 Å². The second kappa shape index (κ2) is 5.46. The van der Waals surface area contributed by atoms with Gasteiger partial charge < -0.3 is 10.1 Å². The molecule has 1 rings (SSSR count). The van der Waals surface area contributed by atoms with E-state index >= 15 is 0 Å². The van der Waals surface area contributed by atoms with Crippen molar-refractivity contribution < 1.29 is 13.5 Å². The molecule has 4 heteroatoms. The molecule has 0 aliphatic rings. The van der Waals surface area contributed by atoms with Crippen LogP contribution in [0, 0.1) is 11.6 Å². The van der Waals surface area contributed by atoms with E-state index in [9.17, 15) is 8.78 Å². The van der Waals surface area contributed by atoms with Gasteiger partial charge in [0, 0.05) is 6.54 Å². The zero-order valence-corrected chi connectivity index (χ0v) is 8.68. The van der Waals surface area contributed by atoms with Crippen LogP contribution in [0.3, 0.4) is 0 Å². The van der Waals surface area contributed by atoms with E-state index in [0.717, 1.165) is 0 Å². The maximum Gasteiger partial charge on any atom is 0.190 e. The number of rotatable bonds is 4. The molecule has 0 aliphatic carbocycles. The van der Waals surface area contributed by atoms with E-state index in [0.29, 0.717) is 12.1 Å². The highest BCUT2D eigenvalue weighted by Gasteiger charge is 2.09. The molecule has 82 valence electrons. The van der Waals surface area contributed by atoms with E-state index in [1.165, 1.54) is 19.2 Å². The lowest BCUT2D eigenvalue weighted by atomic mass is 10.2. The molecule has 0 radical (unpaired) electrons. The van der Waals surface area contributed by atoms with E-state index in [2.05, 4.69) is 10.1 Å². The maximum absolute atomic E-state index is 13.2. The molecule has 0 spiro atoms. The van der Waals surface area contributed by atoms with E-state index in [4.69, 9.17) is 0 Å². The fourth-order valence-electron chi connectivity index (χ4n) is 1.18. The molecule has 0 saturated carbocycles. The predicted octanol–water partition coefficient (Wildman–Crippen LogP) is 2.21. The highest BCUT2D eigenvalue weighted by molar-refractivity contribution is 5.51. The molecule has 0 unspecified atom stereocenters. The third-order valence-electron chi connectivity index (χ3n) is 1.86. The minimum atomic E-state index is -0.693. The van der Waals surface area contributed by atoms with Gasteiger partial charge in [0.05, 0.1) is 7.11 Å². The second-order valence-corrected chi connectivity index (χ2v) is 2.98. The Labute approximate surface area is 87.6 Å². The van der Waals surface area contributed by atoms with Gasteiger partial charge in [-0.2, -0.15) is 0 Å². The van der Waals surface area contributed by atoms with Crippen LogP contribution in [0.2, 0.25) is 0 Å². The van der Waals surface area contributed by atoms with Crippen LogP contribution in [-0.2, 0) is 0 Å². The molecule has 0 heterocycles. The number of hydrogen-bond acceptors (Lipinski definition) is 2. The Morgan fingerprint density at radius 2 is 1.93 bits per heavy atom. The van der Waals surface area contributed by atoms with Gasteiger partial charge in [0.2, 0.25) is 0 Å². The molecular formula is C11H13F2NO. The van der Waals surface area contributed by atoms with Crippen LogP contribution in [0.15, 0.2) is 18.2 Å². The molecule has 1 aromatic rings. The molecule has 0 fully saturated rings. The summed E-state index contributed by atoms with van der Waals surface area (Å²) < 4.78 is 31.0. The number of benzene rings is 1. The highest BCUT2D eigenvalue weighted by Crippen LogP contribution is 2.23. The van der Waals surface area contributed by atoms with E-state index in [1.807, 2.05) is 0 Å². The molecule has 0 bridgehead atoms. The summed E-state index contributed by atoms with van der Waals surface area (Å²) in [5.41, 5.74) is 0.473. The van der Waals surface area contributed by atoms with Crippen molar-refractivity contribution in [1.29, 1.82) is 0 Å². The minimum Gasteiger partial charge on any atom is -0.491 e. The van der Waals surface area contributed by atoms with Crippen molar-refractivity contribution in [3.8, 4) is 5.75 Å². The molecule has 0 saturated heterocycles. The third kappa shape index (κ3) is 3.02. The van der Waals surface area contributed by atoms with Gasteiger partial charge in [-0.05, 0) is 24.7 Å². The van der Waals surface area contributed by atoms with Crippen LogP contribution in [0.25, 0.3) is 6.08 Å². The summed E-state index contributed by atoms with van der Waals surface area (Å²) in [5.74, 6) is -1.73. The first-order valence-electron chi connectivity index (χ1n) is 4.53. The van der Waals surface area contributed by atoms with Gasteiger partial charge in [-0.25, -0.2) is 8.78 Å². The maximum atomic E-state index is 13.2. The number of nitrogens with one attached hydrogen (secondary N) is 1. The summed E-state index contributed by atoms with van der Waals surface area (Å²) in [6, 6.07) is 2.46. The molecular weight excluding hydrogens is 200 g/mol. The van der Waals surface area contributed by atoms with Crippen LogP contribution in [0.4, 0.5) is 8.78 Å². The van der Waals surface area contributed by atoms with Crippen molar-refractivity contribution in [3.63, 3.8) is 0 Å². The van der Waals surface area contributed by atoms with Gasteiger partial charge >= 0.3 is 0 Å². The fourth-order valence-corrected chi connectivity index (χ4v) is 1.18. The fraction of sp³-hybridized carbons (Fsp3) is 0.273. The summed E-state index contributed by atoms with van der Waals surface area (Å²) in [7, 11) is 3.03. The van der Waals surface area contributed by atoms with Crippen molar-refractivity contribution in [3.05, 3.63) is 35.4 Å². The minimum absolute atomic E-state index is 0.347. The second-order valence-electron chi connectivity index (χ2n) is 2.98. The van der Waals surface area contributed by atoms with Crippen LogP contribution < -0.4 is 10.1 Å². The molecule has 0 amide bonds. The van der Waals surface area contributed by atoms with Gasteiger partial charge in [0.25, 0.3) is 0 Å². The third-order valence-corrected chi connectivity index (χ3v) is 1.86. The average Bonchev–Trinajstić information content (AvgIpc) is 2.18. The monoisotopic (exact) mass is 213 g/mol. The first-order chi connectivity index (χ1) is 7.19. The number of methoxy groups -OCH3 is 1. The zero-order chi connectivity index (χ0) is 11.3. The molecule has 1 aromatic carbocycles. The van der Waals surface area contributed by atoms with Crippen molar-refractivity contribution in [2.75, 3.05) is 20.7 Å². The summed E-state index contributed by atoms with van der Waals surface area (Å²) in [5, 5.41) is 2.89. The smallest absolute Gasteiger partial charge is 0.190 e. The zero-order valence-electron chi connectivity index (χ0n) is 8.68. The van der Waals surface area contributed by atoms with Gasteiger partial charge in [-0.3, -0.25) is 0 Å². The number of ether oxygens (including phenoxy) is 1. The summed E-state index contributed by atoms with van der Waals surface area (Å²) >= 11 is 0. The molecule has 2 nitrogen and oxygen atoms in total. The SMILES string of the molecule is CNCC=Cc1cc(F)c(OC)c(F)c1. The lowest BCUT2D eigenvalue weighted by Gasteiger charge is -2.04. The Morgan fingerprint density at radius 3 is 2.40 bits per heavy atom. The van der Waals surface area contributed by atoms with Gasteiger partial charge in [-0.1, -0.05) is 12.2 Å². The lowest BCUT2D eigenvalue weighted by molar-refractivity contribution is 0.360. The Hall–Kier alpha value is -1.42. The Balaban J connectivity index is 2.93. The normalized spacial score (nSPS) is 10.9. The van der Waals surface area contributed by atoms with Crippen molar-refractivity contribution >= 4 is 6.08 Å². The largest absolute Gasteiger partial charge is 0.491 e. The molecule has 15 heavy (non-hydrogen) atoms. The van der Waals surface area contributed by atoms with Crippen LogP contribution in [-0.4, -0.2) is 20.7 Å². The van der Waals surface area contributed by atoms with E-state index in [1.54, 1.807) is 19.2 Å². The quantitative estimate of drug-likeness (QED) is 0.827. The molecule has 1 N–H and O–H groups in total. The van der Waals surface area contributed by atoms with Crippen molar-refractivity contribution in [2.45, 2.75) is 0 Å². The van der Waals surface area contributed by atoms with Gasteiger partial charge in [0.15, 0.2) is 17.4 Å². The number of likely N-dealkylation sites (N-methyl/N-ethyl adjacent to an activating group) is 1. The van der Waals surface area contributed by atoms with Crippen LogP contribution >= 0.6 is 0 Å². The standard InChI is InChI=1S/C11H13F2NO/c1-14-5-3-4-8-6-9(12)11(15-2)10(13)7-8/h3-4,6-7,14H,5H2,1-2H3. The number of hydrogen-bond donors (Lipinski definition) is 1. The summed E-state index contributed by atoms with van der Waals surface area (Å²) in [6.45, 7) is 0.648. The Kier molecular flexibility index (Phi) is 4.24. The topological polar surface area (TPSA) is 21.3 Å². The predicted molar refractivity (Wildman–Crippen MR) is 55.9 cm³/mol. The Morgan fingerprint density at radius 1 is 1.33 bits per heavy atom. The first-order valence-corrected chi connectivity index (χ1v) is 4.53. The van der Waals surface area contributed by atoms with Crippen LogP contribution in [0.1, 0.15) is 5.56 Å².